The van der Waals surface area contributed by atoms with Gasteiger partial charge in [0.15, 0.2) is 0 Å². The van der Waals surface area contributed by atoms with Crippen LogP contribution in [-0.4, -0.2) is 19.0 Å². The minimum Gasteiger partial charge on any atom is -0.374 e. The van der Waals surface area contributed by atoms with Crippen LogP contribution in [0.25, 0.3) is 0 Å². The number of rotatable bonds is 3. The number of aryl methyl sites for hydroxylation is 1. The third-order valence-corrected chi connectivity index (χ3v) is 2.69. The van der Waals surface area contributed by atoms with Gasteiger partial charge in [0, 0.05) is 17.2 Å². The maximum absolute atomic E-state index is 11.3. The van der Waals surface area contributed by atoms with Crippen molar-refractivity contribution in [2.24, 2.45) is 0 Å². The zero-order chi connectivity index (χ0) is 11.4. The lowest BCUT2D eigenvalue weighted by Crippen LogP contribution is -2.35. The van der Waals surface area contributed by atoms with Crippen LogP contribution in [0.15, 0.2) is 22.7 Å². The van der Waals surface area contributed by atoms with Crippen molar-refractivity contribution in [2.75, 3.05) is 12.4 Å². The summed E-state index contributed by atoms with van der Waals surface area (Å²) in [6.07, 6.45) is 0. The number of benzene rings is 1. The van der Waals surface area contributed by atoms with Gasteiger partial charge in [0.1, 0.15) is 6.04 Å². The zero-order valence-corrected chi connectivity index (χ0v) is 10.7. The second kappa shape index (κ2) is 5.16. The molecule has 0 saturated heterocycles. The van der Waals surface area contributed by atoms with Crippen molar-refractivity contribution in [1.29, 1.82) is 0 Å². The Hall–Kier alpha value is -1.03. The van der Waals surface area contributed by atoms with Crippen LogP contribution in [0.2, 0.25) is 0 Å². The molecule has 1 unspecified atom stereocenters. The lowest BCUT2D eigenvalue weighted by Gasteiger charge is -2.15. The highest BCUT2D eigenvalue weighted by Gasteiger charge is 2.11. The SMILES string of the molecule is CNC(=O)C(C)Nc1ccc(Br)cc1C. The van der Waals surface area contributed by atoms with Crippen LogP contribution in [0.1, 0.15) is 12.5 Å². The Morgan fingerprint density at radius 2 is 2.13 bits per heavy atom. The van der Waals surface area contributed by atoms with E-state index in [4.69, 9.17) is 0 Å². The summed E-state index contributed by atoms with van der Waals surface area (Å²) in [5.74, 6) is -0.0164. The molecule has 4 heteroatoms. The smallest absolute Gasteiger partial charge is 0.241 e. The number of carbonyl (C=O) groups is 1. The fourth-order valence-electron chi connectivity index (χ4n) is 1.30. The predicted molar refractivity (Wildman–Crippen MR) is 66.0 cm³/mol. The molecule has 0 bridgehead atoms. The van der Waals surface area contributed by atoms with Crippen LogP contribution in [0.3, 0.4) is 0 Å². The van der Waals surface area contributed by atoms with Gasteiger partial charge in [0.25, 0.3) is 0 Å². The highest BCUT2D eigenvalue weighted by Crippen LogP contribution is 2.20. The van der Waals surface area contributed by atoms with E-state index < -0.39 is 0 Å². The van der Waals surface area contributed by atoms with Crippen molar-refractivity contribution in [2.45, 2.75) is 19.9 Å². The highest BCUT2D eigenvalue weighted by atomic mass is 79.9. The largest absolute Gasteiger partial charge is 0.374 e. The van der Waals surface area contributed by atoms with E-state index in [0.717, 1.165) is 15.7 Å². The Morgan fingerprint density at radius 1 is 1.47 bits per heavy atom. The predicted octanol–water partition coefficient (Wildman–Crippen LogP) is 2.30. The molecule has 1 amide bonds. The molecule has 0 spiro atoms. The first kappa shape index (κ1) is 12.0. The summed E-state index contributed by atoms with van der Waals surface area (Å²) in [5.41, 5.74) is 2.09. The van der Waals surface area contributed by atoms with Gasteiger partial charge in [0.2, 0.25) is 5.91 Å². The van der Waals surface area contributed by atoms with Gasteiger partial charge in [-0.05, 0) is 37.6 Å². The van der Waals surface area contributed by atoms with Crippen LogP contribution in [0, 0.1) is 6.92 Å². The van der Waals surface area contributed by atoms with Gasteiger partial charge in [-0.25, -0.2) is 0 Å². The molecule has 0 aliphatic heterocycles. The molecule has 0 aliphatic rings. The average molecular weight is 271 g/mol. The molecular formula is C11H15BrN2O. The van der Waals surface area contributed by atoms with E-state index >= 15 is 0 Å². The number of anilines is 1. The molecule has 0 fully saturated rings. The molecule has 3 nitrogen and oxygen atoms in total. The quantitative estimate of drug-likeness (QED) is 0.885. The molecule has 1 aromatic carbocycles. The topological polar surface area (TPSA) is 41.1 Å². The molecule has 0 aromatic heterocycles. The third-order valence-electron chi connectivity index (χ3n) is 2.20. The minimum absolute atomic E-state index is 0.0164. The number of nitrogens with one attached hydrogen (secondary N) is 2. The number of hydrogen-bond donors (Lipinski definition) is 2. The summed E-state index contributed by atoms with van der Waals surface area (Å²) in [7, 11) is 1.63. The molecule has 1 aromatic rings. The van der Waals surface area contributed by atoms with Crippen molar-refractivity contribution in [3.63, 3.8) is 0 Å². The third kappa shape index (κ3) is 3.23. The first-order chi connectivity index (χ1) is 7.04. The Bertz CT molecular complexity index is 366. The molecule has 2 N–H and O–H groups in total. The van der Waals surface area contributed by atoms with Gasteiger partial charge in [-0.1, -0.05) is 15.9 Å². The van der Waals surface area contributed by atoms with Crippen LogP contribution >= 0.6 is 15.9 Å². The average Bonchev–Trinajstić information content (AvgIpc) is 2.20. The fraction of sp³-hybridized carbons (Fsp3) is 0.364. The Morgan fingerprint density at radius 3 is 2.67 bits per heavy atom. The number of halogens is 1. The van der Waals surface area contributed by atoms with E-state index in [9.17, 15) is 4.79 Å². The Balaban J connectivity index is 2.76. The Kier molecular flexibility index (Phi) is 4.15. The van der Waals surface area contributed by atoms with Crippen LogP contribution in [-0.2, 0) is 4.79 Å². The van der Waals surface area contributed by atoms with Crippen molar-refractivity contribution < 1.29 is 4.79 Å². The van der Waals surface area contributed by atoms with E-state index in [1.807, 2.05) is 32.0 Å². The van der Waals surface area contributed by atoms with Crippen LogP contribution in [0.4, 0.5) is 5.69 Å². The molecule has 1 atom stereocenters. The van der Waals surface area contributed by atoms with Gasteiger partial charge in [-0.15, -0.1) is 0 Å². The van der Waals surface area contributed by atoms with Gasteiger partial charge in [-0.3, -0.25) is 4.79 Å². The van der Waals surface area contributed by atoms with Crippen LogP contribution < -0.4 is 10.6 Å². The van der Waals surface area contributed by atoms with E-state index in [1.54, 1.807) is 7.05 Å². The van der Waals surface area contributed by atoms with E-state index in [2.05, 4.69) is 26.6 Å². The highest BCUT2D eigenvalue weighted by molar-refractivity contribution is 9.10. The number of likely N-dealkylation sites (N-methyl/N-ethyl adjacent to an activating group) is 1. The second-order valence-corrected chi connectivity index (χ2v) is 4.36. The van der Waals surface area contributed by atoms with E-state index in [1.165, 1.54) is 0 Å². The van der Waals surface area contributed by atoms with Crippen molar-refractivity contribution in [1.82, 2.24) is 5.32 Å². The Labute approximate surface area is 98.4 Å². The molecule has 0 saturated carbocycles. The maximum atomic E-state index is 11.3. The second-order valence-electron chi connectivity index (χ2n) is 3.44. The monoisotopic (exact) mass is 270 g/mol. The number of carbonyl (C=O) groups excluding carboxylic acids is 1. The first-order valence-electron chi connectivity index (χ1n) is 4.79. The summed E-state index contributed by atoms with van der Waals surface area (Å²) in [6, 6.07) is 5.69. The van der Waals surface area contributed by atoms with Crippen molar-refractivity contribution in [3.05, 3.63) is 28.2 Å². The van der Waals surface area contributed by atoms with Crippen molar-refractivity contribution >= 4 is 27.5 Å². The molecule has 82 valence electrons. The molecule has 1 rings (SSSR count). The summed E-state index contributed by atoms with van der Waals surface area (Å²) < 4.78 is 1.04. The summed E-state index contributed by atoms with van der Waals surface area (Å²) in [5, 5.41) is 5.76. The summed E-state index contributed by atoms with van der Waals surface area (Å²) in [4.78, 5) is 11.3. The standard InChI is InChI=1S/C11H15BrN2O/c1-7-6-9(12)4-5-10(7)14-8(2)11(15)13-3/h4-6,8,14H,1-3H3,(H,13,15). The molecule has 0 heterocycles. The molecular weight excluding hydrogens is 256 g/mol. The van der Waals surface area contributed by atoms with E-state index in [-0.39, 0.29) is 11.9 Å². The first-order valence-corrected chi connectivity index (χ1v) is 5.58. The molecule has 0 aliphatic carbocycles. The molecule has 0 radical (unpaired) electrons. The summed E-state index contributed by atoms with van der Waals surface area (Å²) >= 11 is 3.40. The van der Waals surface area contributed by atoms with Crippen molar-refractivity contribution in [3.8, 4) is 0 Å². The van der Waals surface area contributed by atoms with Gasteiger partial charge in [-0.2, -0.15) is 0 Å². The normalized spacial score (nSPS) is 12.0. The fourth-order valence-corrected chi connectivity index (χ4v) is 1.78. The number of hydrogen-bond acceptors (Lipinski definition) is 2. The van der Waals surface area contributed by atoms with Gasteiger partial charge in [0.05, 0.1) is 0 Å². The lowest BCUT2D eigenvalue weighted by atomic mass is 10.2. The minimum atomic E-state index is -0.227. The van der Waals surface area contributed by atoms with E-state index in [0.29, 0.717) is 0 Å². The zero-order valence-electron chi connectivity index (χ0n) is 9.10. The lowest BCUT2D eigenvalue weighted by molar-refractivity contribution is -0.121. The number of amides is 1. The summed E-state index contributed by atoms with van der Waals surface area (Å²) in [6.45, 7) is 3.84. The van der Waals surface area contributed by atoms with Gasteiger partial charge >= 0.3 is 0 Å². The van der Waals surface area contributed by atoms with Gasteiger partial charge < -0.3 is 10.6 Å². The van der Waals surface area contributed by atoms with Crippen LogP contribution in [0.5, 0.6) is 0 Å². The molecule has 15 heavy (non-hydrogen) atoms. The maximum Gasteiger partial charge on any atom is 0.241 e.